The third kappa shape index (κ3) is 4.63. The standard InChI is InChI=1S/C14H18F3NO3/c1-9(21-18(12(19)20)13(2,3)4)10-6-5-7-11(8-10)14(15,16)17/h5-9H,1-4H3,(H,19,20)/t9-/m0/s1. The molecule has 0 aliphatic heterocycles. The summed E-state index contributed by atoms with van der Waals surface area (Å²) in [7, 11) is 0. The zero-order valence-corrected chi connectivity index (χ0v) is 12.2. The molecule has 1 N–H and O–H groups in total. The summed E-state index contributed by atoms with van der Waals surface area (Å²) in [5.41, 5.74) is -1.38. The summed E-state index contributed by atoms with van der Waals surface area (Å²) in [5.74, 6) is 0. The molecular weight excluding hydrogens is 287 g/mol. The van der Waals surface area contributed by atoms with Crippen LogP contribution in [-0.2, 0) is 11.0 Å². The first-order chi connectivity index (χ1) is 9.43. The summed E-state index contributed by atoms with van der Waals surface area (Å²) in [6.45, 7) is 6.37. The Kier molecular flexibility index (Phi) is 4.88. The summed E-state index contributed by atoms with van der Waals surface area (Å²) >= 11 is 0. The first kappa shape index (κ1) is 17.3. The van der Waals surface area contributed by atoms with Gasteiger partial charge in [-0.05, 0) is 45.4 Å². The summed E-state index contributed by atoms with van der Waals surface area (Å²) in [6.07, 6.45) is -6.59. The zero-order valence-electron chi connectivity index (χ0n) is 12.2. The third-order valence-corrected chi connectivity index (χ3v) is 2.73. The van der Waals surface area contributed by atoms with E-state index in [2.05, 4.69) is 0 Å². The van der Waals surface area contributed by atoms with Gasteiger partial charge in [0.2, 0.25) is 0 Å². The second kappa shape index (κ2) is 5.93. The highest BCUT2D eigenvalue weighted by Gasteiger charge is 2.32. The summed E-state index contributed by atoms with van der Waals surface area (Å²) < 4.78 is 38.0. The van der Waals surface area contributed by atoms with E-state index in [4.69, 9.17) is 9.94 Å². The third-order valence-electron chi connectivity index (χ3n) is 2.73. The van der Waals surface area contributed by atoms with Crippen LogP contribution in [0.5, 0.6) is 0 Å². The van der Waals surface area contributed by atoms with Crippen LogP contribution in [0.25, 0.3) is 0 Å². The Bertz CT molecular complexity index is 509. The van der Waals surface area contributed by atoms with Gasteiger partial charge in [-0.2, -0.15) is 18.2 Å². The van der Waals surface area contributed by atoms with E-state index in [1.807, 2.05) is 0 Å². The predicted octanol–water partition coefficient (Wildman–Crippen LogP) is 4.48. The Labute approximate surface area is 121 Å². The fourth-order valence-corrected chi connectivity index (χ4v) is 1.68. The predicted molar refractivity (Wildman–Crippen MR) is 70.6 cm³/mol. The van der Waals surface area contributed by atoms with Crippen molar-refractivity contribution in [3.8, 4) is 0 Å². The second-order valence-corrected chi connectivity index (χ2v) is 5.62. The number of amides is 1. The van der Waals surface area contributed by atoms with Gasteiger partial charge in [0, 0.05) is 0 Å². The highest BCUT2D eigenvalue weighted by Crippen LogP contribution is 2.32. The van der Waals surface area contributed by atoms with E-state index in [1.54, 1.807) is 20.8 Å². The van der Waals surface area contributed by atoms with Crippen LogP contribution in [0.1, 0.15) is 44.9 Å². The average Bonchev–Trinajstić information content (AvgIpc) is 2.33. The zero-order chi connectivity index (χ0) is 16.4. The van der Waals surface area contributed by atoms with E-state index in [0.717, 1.165) is 17.2 Å². The van der Waals surface area contributed by atoms with Crippen LogP contribution >= 0.6 is 0 Å². The van der Waals surface area contributed by atoms with Gasteiger partial charge in [0.15, 0.2) is 0 Å². The maximum Gasteiger partial charge on any atom is 0.432 e. The smallest absolute Gasteiger partial charge is 0.432 e. The van der Waals surface area contributed by atoms with Crippen molar-refractivity contribution >= 4 is 6.09 Å². The highest BCUT2D eigenvalue weighted by molar-refractivity contribution is 5.64. The molecule has 7 heteroatoms. The van der Waals surface area contributed by atoms with Gasteiger partial charge in [-0.1, -0.05) is 12.1 Å². The van der Waals surface area contributed by atoms with Gasteiger partial charge in [0.1, 0.15) is 6.10 Å². The lowest BCUT2D eigenvalue weighted by molar-refractivity contribution is -0.210. The maximum absolute atomic E-state index is 12.7. The number of halogens is 3. The van der Waals surface area contributed by atoms with Crippen LogP contribution in [0.15, 0.2) is 24.3 Å². The molecule has 0 radical (unpaired) electrons. The van der Waals surface area contributed by atoms with E-state index in [-0.39, 0.29) is 5.56 Å². The Hall–Kier alpha value is -1.76. The van der Waals surface area contributed by atoms with Crippen LogP contribution in [-0.4, -0.2) is 21.8 Å². The van der Waals surface area contributed by atoms with E-state index >= 15 is 0 Å². The number of nitrogens with zero attached hydrogens (tertiary/aromatic N) is 1. The molecular formula is C14H18F3NO3. The molecule has 1 rings (SSSR count). The maximum atomic E-state index is 12.7. The van der Waals surface area contributed by atoms with E-state index in [1.165, 1.54) is 19.1 Å². The molecule has 1 atom stereocenters. The van der Waals surface area contributed by atoms with Crippen LogP contribution in [0.2, 0.25) is 0 Å². The number of benzene rings is 1. The molecule has 0 spiro atoms. The topological polar surface area (TPSA) is 49.8 Å². The van der Waals surface area contributed by atoms with Crippen molar-refractivity contribution in [3.63, 3.8) is 0 Å². The van der Waals surface area contributed by atoms with Gasteiger partial charge in [-0.3, -0.25) is 4.84 Å². The molecule has 0 heterocycles. The molecule has 0 aliphatic carbocycles. The van der Waals surface area contributed by atoms with Gasteiger partial charge in [0.25, 0.3) is 0 Å². The lowest BCUT2D eigenvalue weighted by Gasteiger charge is -2.33. The number of rotatable bonds is 3. The van der Waals surface area contributed by atoms with Crippen LogP contribution < -0.4 is 0 Å². The van der Waals surface area contributed by atoms with Gasteiger partial charge >= 0.3 is 12.3 Å². The fraction of sp³-hybridized carbons (Fsp3) is 0.500. The Balaban J connectivity index is 2.99. The van der Waals surface area contributed by atoms with Crippen molar-refractivity contribution in [3.05, 3.63) is 35.4 Å². The van der Waals surface area contributed by atoms with Gasteiger partial charge < -0.3 is 5.11 Å². The molecule has 1 aromatic rings. The van der Waals surface area contributed by atoms with Crippen molar-refractivity contribution in [2.75, 3.05) is 0 Å². The van der Waals surface area contributed by atoms with Gasteiger partial charge in [-0.15, -0.1) is 0 Å². The SMILES string of the molecule is C[C@H](ON(C(=O)O)C(C)(C)C)c1cccc(C(F)(F)F)c1. The van der Waals surface area contributed by atoms with Crippen molar-refractivity contribution < 1.29 is 27.9 Å². The number of hydrogen-bond donors (Lipinski definition) is 1. The molecule has 1 amide bonds. The summed E-state index contributed by atoms with van der Waals surface area (Å²) in [5, 5.41) is 9.84. The molecule has 1 aromatic carbocycles. The van der Waals surface area contributed by atoms with E-state index < -0.39 is 29.5 Å². The molecule has 0 fully saturated rings. The molecule has 0 aliphatic rings. The largest absolute Gasteiger partial charge is 0.463 e. The Morgan fingerprint density at radius 2 is 1.86 bits per heavy atom. The molecule has 0 bridgehead atoms. The highest BCUT2D eigenvalue weighted by atomic mass is 19.4. The van der Waals surface area contributed by atoms with Gasteiger partial charge in [0.05, 0.1) is 11.1 Å². The quantitative estimate of drug-likeness (QED) is 0.838. The molecule has 0 saturated carbocycles. The van der Waals surface area contributed by atoms with Crippen LogP contribution in [0, 0.1) is 0 Å². The fourth-order valence-electron chi connectivity index (χ4n) is 1.68. The average molecular weight is 305 g/mol. The monoisotopic (exact) mass is 305 g/mol. The van der Waals surface area contributed by atoms with Crippen molar-refractivity contribution in [2.24, 2.45) is 0 Å². The minimum absolute atomic E-state index is 0.250. The molecule has 4 nitrogen and oxygen atoms in total. The Morgan fingerprint density at radius 1 is 1.29 bits per heavy atom. The van der Waals surface area contributed by atoms with Crippen molar-refractivity contribution in [1.82, 2.24) is 5.06 Å². The number of alkyl halides is 3. The molecule has 21 heavy (non-hydrogen) atoms. The number of carboxylic acid groups (broad SMARTS) is 1. The summed E-state index contributed by atoms with van der Waals surface area (Å²) in [4.78, 5) is 16.5. The van der Waals surface area contributed by atoms with Crippen molar-refractivity contribution in [2.45, 2.75) is 45.5 Å². The van der Waals surface area contributed by atoms with Crippen molar-refractivity contribution in [1.29, 1.82) is 0 Å². The second-order valence-electron chi connectivity index (χ2n) is 5.62. The first-order valence-corrected chi connectivity index (χ1v) is 6.30. The van der Waals surface area contributed by atoms with Crippen LogP contribution in [0.3, 0.4) is 0 Å². The Morgan fingerprint density at radius 3 is 2.29 bits per heavy atom. The molecule has 0 unspecified atom stereocenters. The molecule has 0 saturated heterocycles. The minimum atomic E-state index is -4.45. The van der Waals surface area contributed by atoms with Crippen LogP contribution in [0.4, 0.5) is 18.0 Å². The molecule has 118 valence electrons. The lowest BCUT2D eigenvalue weighted by Crippen LogP contribution is -2.45. The number of hydrogen-bond acceptors (Lipinski definition) is 2. The molecule has 0 aromatic heterocycles. The lowest BCUT2D eigenvalue weighted by atomic mass is 10.1. The van der Waals surface area contributed by atoms with E-state index in [9.17, 15) is 18.0 Å². The minimum Gasteiger partial charge on any atom is -0.463 e. The first-order valence-electron chi connectivity index (χ1n) is 6.30. The number of hydroxylamine groups is 2. The normalized spacial score (nSPS) is 13.9. The summed E-state index contributed by atoms with van der Waals surface area (Å²) in [6, 6.07) is 4.63. The van der Waals surface area contributed by atoms with E-state index in [0.29, 0.717) is 0 Å². The van der Waals surface area contributed by atoms with Gasteiger partial charge in [-0.25, -0.2) is 4.79 Å². The number of carbonyl (C=O) groups is 1.